The van der Waals surface area contributed by atoms with Gasteiger partial charge in [0.1, 0.15) is 11.9 Å². The smallest absolute Gasteiger partial charge is 0.167 e. The van der Waals surface area contributed by atoms with Crippen molar-refractivity contribution in [1.82, 2.24) is 0 Å². The maximum absolute atomic E-state index is 13.2. The summed E-state index contributed by atoms with van der Waals surface area (Å²) in [6.07, 6.45) is 9.90. The molecule has 3 heteroatoms. The summed E-state index contributed by atoms with van der Waals surface area (Å²) in [5, 5.41) is 10.9. The molecule has 0 aromatic rings. The fourth-order valence-electron chi connectivity index (χ4n) is 11.0. The first kappa shape index (κ1) is 24.7. The third-order valence-electron chi connectivity index (χ3n) is 13.4. The second-order valence-electron chi connectivity index (χ2n) is 14.7. The molecule has 0 spiro atoms. The SMILES string of the molecule is CC(=O)[C@]12CC[C@@H](C)[C@H](C)[C@H]1C1=CC[C@@H]3[C@@]4(C)C[C@@H](O)C(=O)C(C)(C)C4CC[C@@]3(C)[C@]1(C)CC2. The molecule has 5 aliphatic rings. The van der Waals surface area contributed by atoms with Crippen molar-refractivity contribution >= 4 is 11.6 Å². The van der Waals surface area contributed by atoms with E-state index >= 15 is 0 Å². The Morgan fingerprint density at radius 1 is 0.971 bits per heavy atom. The van der Waals surface area contributed by atoms with Crippen LogP contribution in [0.25, 0.3) is 0 Å². The minimum Gasteiger partial charge on any atom is -0.385 e. The molecule has 0 aromatic heterocycles. The van der Waals surface area contributed by atoms with Crippen LogP contribution in [0.2, 0.25) is 0 Å². The second kappa shape index (κ2) is 7.30. The van der Waals surface area contributed by atoms with E-state index in [4.69, 9.17) is 0 Å². The number of aliphatic hydroxyl groups excluding tert-OH is 1. The average molecular weight is 469 g/mol. The Kier molecular flexibility index (Phi) is 5.31. The van der Waals surface area contributed by atoms with Crippen LogP contribution in [0.15, 0.2) is 11.6 Å². The van der Waals surface area contributed by atoms with Gasteiger partial charge in [-0.15, -0.1) is 0 Å². The van der Waals surface area contributed by atoms with Crippen molar-refractivity contribution in [3.63, 3.8) is 0 Å². The maximum atomic E-state index is 13.2. The first-order valence-corrected chi connectivity index (χ1v) is 14.1. The largest absolute Gasteiger partial charge is 0.385 e. The van der Waals surface area contributed by atoms with Gasteiger partial charge >= 0.3 is 0 Å². The quantitative estimate of drug-likeness (QED) is 0.432. The van der Waals surface area contributed by atoms with Gasteiger partial charge in [0.2, 0.25) is 0 Å². The average Bonchev–Trinajstić information content (AvgIpc) is 2.75. The van der Waals surface area contributed by atoms with Gasteiger partial charge in [-0.05, 0) is 104 Å². The first-order valence-electron chi connectivity index (χ1n) is 14.1. The zero-order chi connectivity index (χ0) is 25.1. The normalized spacial score (nSPS) is 54.1. The molecule has 1 unspecified atom stereocenters. The predicted molar refractivity (Wildman–Crippen MR) is 136 cm³/mol. The topological polar surface area (TPSA) is 54.4 Å². The molecule has 0 aliphatic heterocycles. The summed E-state index contributed by atoms with van der Waals surface area (Å²) in [5.74, 6) is 2.79. The molecular formula is C31H48O3. The van der Waals surface area contributed by atoms with Gasteiger partial charge in [-0.3, -0.25) is 9.59 Å². The van der Waals surface area contributed by atoms with Crippen LogP contribution < -0.4 is 0 Å². The van der Waals surface area contributed by atoms with Crippen LogP contribution in [0, 0.1) is 56.7 Å². The van der Waals surface area contributed by atoms with Gasteiger partial charge in [0.15, 0.2) is 5.78 Å². The van der Waals surface area contributed by atoms with Crippen molar-refractivity contribution < 1.29 is 14.7 Å². The van der Waals surface area contributed by atoms with Crippen molar-refractivity contribution in [3.05, 3.63) is 11.6 Å². The summed E-state index contributed by atoms with van der Waals surface area (Å²) >= 11 is 0. The lowest BCUT2D eigenvalue weighted by Gasteiger charge is -2.71. The monoisotopic (exact) mass is 468 g/mol. The molecule has 0 bridgehead atoms. The Balaban J connectivity index is 1.63. The Bertz CT molecular complexity index is 946. The van der Waals surface area contributed by atoms with E-state index in [1.54, 1.807) is 5.57 Å². The molecule has 4 fully saturated rings. The molecule has 190 valence electrons. The van der Waals surface area contributed by atoms with E-state index in [1.807, 2.05) is 6.92 Å². The Labute approximate surface area is 207 Å². The third kappa shape index (κ3) is 2.74. The van der Waals surface area contributed by atoms with Gasteiger partial charge in [0.25, 0.3) is 0 Å². The summed E-state index contributed by atoms with van der Waals surface area (Å²) in [5.41, 5.74) is 1.12. The number of ketones is 2. The fourth-order valence-corrected chi connectivity index (χ4v) is 11.0. The van der Waals surface area contributed by atoms with Gasteiger partial charge in [-0.1, -0.05) is 60.1 Å². The van der Waals surface area contributed by atoms with Gasteiger partial charge < -0.3 is 5.11 Å². The van der Waals surface area contributed by atoms with E-state index in [9.17, 15) is 14.7 Å². The molecule has 1 N–H and O–H groups in total. The number of carbonyl (C=O) groups excluding carboxylic acids is 2. The number of fused-ring (bicyclic) bond motifs is 7. The number of rotatable bonds is 1. The summed E-state index contributed by atoms with van der Waals surface area (Å²) in [7, 11) is 0. The summed E-state index contributed by atoms with van der Waals surface area (Å²) in [4.78, 5) is 26.2. The van der Waals surface area contributed by atoms with Crippen molar-refractivity contribution in [2.45, 2.75) is 113 Å². The summed E-state index contributed by atoms with van der Waals surface area (Å²) in [6.45, 7) is 18.3. The van der Waals surface area contributed by atoms with Crippen LogP contribution in [-0.2, 0) is 9.59 Å². The molecule has 3 nitrogen and oxygen atoms in total. The standard InChI is InChI=1S/C31H48O3/c1-18-11-14-31(20(3)32)16-15-29(7)21(25(31)19(18)2)9-10-24-28(6)17-22(33)26(34)27(4,5)23(28)12-13-30(24,29)8/h9,18-19,22-25,33H,10-17H2,1-8H3/t18-,19+,22-,23?,24-,25+,28+,29-,30-,31-/m1/s1. The summed E-state index contributed by atoms with van der Waals surface area (Å²) in [6, 6.07) is 0. The lowest BCUT2D eigenvalue weighted by atomic mass is 9.33. The van der Waals surface area contributed by atoms with E-state index < -0.39 is 11.5 Å². The molecule has 0 saturated heterocycles. The van der Waals surface area contributed by atoms with Crippen molar-refractivity contribution in [1.29, 1.82) is 0 Å². The van der Waals surface area contributed by atoms with E-state index in [0.717, 1.165) is 38.5 Å². The summed E-state index contributed by atoms with van der Waals surface area (Å²) < 4.78 is 0. The van der Waals surface area contributed by atoms with E-state index in [1.165, 1.54) is 6.42 Å². The predicted octanol–water partition coefficient (Wildman–Crippen LogP) is 6.77. The highest BCUT2D eigenvalue weighted by Gasteiger charge is 2.69. The zero-order valence-electron chi connectivity index (χ0n) is 23.0. The molecule has 10 atom stereocenters. The van der Waals surface area contributed by atoms with Crippen LogP contribution in [-0.4, -0.2) is 22.8 Å². The molecule has 5 aliphatic carbocycles. The van der Waals surface area contributed by atoms with Crippen LogP contribution in [0.4, 0.5) is 0 Å². The highest BCUT2D eigenvalue weighted by molar-refractivity contribution is 5.89. The lowest BCUT2D eigenvalue weighted by molar-refractivity contribution is -0.199. The molecule has 5 rings (SSSR count). The van der Waals surface area contributed by atoms with Gasteiger partial charge in [-0.2, -0.15) is 0 Å². The first-order chi connectivity index (χ1) is 15.7. The highest BCUT2D eigenvalue weighted by Crippen LogP contribution is 2.75. The van der Waals surface area contributed by atoms with Crippen LogP contribution in [0.1, 0.15) is 107 Å². The van der Waals surface area contributed by atoms with Gasteiger partial charge in [0.05, 0.1) is 0 Å². The lowest BCUT2D eigenvalue weighted by Crippen LogP contribution is -2.66. The minimum atomic E-state index is -0.840. The molecule has 0 amide bonds. The number of aliphatic hydroxyl groups is 1. The third-order valence-corrected chi connectivity index (χ3v) is 13.4. The number of hydrogen-bond acceptors (Lipinski definition) is 3. The maximum Gasteiger partial charge on any atom is 0.167 e. The second-order valence-corrected chi connectivity index (χ2v) is 14.7. The van der Waals surface area contributed by atoms with Gasteiger partial charge in [0, 0.05) is 10.8 Å². The fraction of sp³-hybridized carbons (Fsp3) is 0.871. The Morgan fingerprint density at radius 2 is 1.65 bits per heavy atom. The Hall–Kier alpha value is -0.960. The van der Waals surface area contributed by atoms with E-state index in [0.29, 0.717) is 41.8 Å². The molecule has 0 radical (unpaired) electrons. The van der Waals surface area contributed by atoms with Crippen LogP contribution >= 0.6 is 0 Å². The zero-order valence-corrected chi connectivity index (χ0v) is 23.0. The van der Waals surface area contributed by atoms with Crippen molar-refractivity contribution in [3.8, 4) is 0 Å². The van der Waals surface area contributed by atoms with Crippen molar-refractivity contribution in [2.24, 2.45) is 56.7 Å². The number of carbonyl (C=O) groups is 2. The van der Waals surface area contributed by atoms with E-state index in [2.05, 4.69) is 54.5 Å². The molecule has 4 saturated carbocycles. The van der Waals surface area contributed by atoms with Gasteiger partial charge in [-0.25, -0.2) is 0 Å². The highest BCUT2D eigenvalue weighted by atomic mass is 16.3. The number of Topliss-reactive ketones (excluding diaryl/α,β-unsaturated/α-hetero) is 2. The number of allylic oxidation sites excluding steroid dienone is 2. The van der Waals surface area contributed by atoms with Crippen LogP contribution in [0.5, 0.6) is 0 Å². The molecule has 34 heavy (non-hydrogen) atoms. The number of hydrogen-bond donors (Lipinski definition) is 1. The van der Waals surface area contributed by atoms with E-state index in [-0.39, 0.29) is 27.4 Å². The minimum absolute atomic E-state index is 0.0462. The van der Waals surface area contributed by atoms with Crippen LogP contribution in [0.3, 0.4) is 0 Å². The molecule has 0 aromatic carbocycles. The Morgan fingerprint density at radius 3 is 2.29 bits per heavy atom. The molecular weight excluding hydrogens is 420 g/mol. The molecule has 0 heterocycles. The van der Waals surface area contributed by atoms with Crippen molar-refractivity contribution in [2.75, 3.05) is 0 Å².